The molecule has 0 aromatic heterocycles. The van der Waals surface area contributed by atoms with Crippen LogP contribution >= 0.6 is 23.5 Å². The van der Waals surface area contributed by atoms with Crippen molar-refractivity contribution in [3.63, 3.8) is 0 Å². The monoisotopic (exact) mass is 438 g/mol. The van der Waals surface area contributed by atoms with Crippen LogP contribution in [-0.2, 0) is 9.90 Å². The van der Waals surface area contributed by atoms with E-state index in [0.717, 1.165) is 34.9 Å². The molecule has 6 heteroatoms. The second kappa shape index (κ2) is 8.26. The van der Waals surface area contributed by atoms with Crippen molar-refractivity contribution in [2.75, 3.05) is 0 Å². The first-order valence-electron chi connectivity index (χ1n) is 8.90. The van der Waals surface area contributed by atoms with Gasteiger partial charge < -0.3 is 14.5 Å². The highest BCUT2D eigenvalue weighted by molar-refractivity contribution is 9.08. The average Bonchev–Trinajstić information content (AvgIpc) is 3.16. The molecular formula is C20H24BrO4P. The molecule has 1 fully saturated rings. The molecule has 0 bridgehead atoms. The van der Waals surface area contributed by atoms with Crippen LogP contribution < -0.4 is 10.0 Å². The van der Waals surface area contributed by atoms with Crippen LogP contribution in [0.4, 0.5) is 0 Å². The van der Waals surface area contributed by atoms with Crippen LogP contribution in [0.1, 0.15) is 38.2 Å². The maximum atomic E-state index is 12.0. The molecule has 0 heterocycles. The molecule has 0 spiro atoms. The van der Waals surface area contributed by atoms with E-state index >= 15 is 0 Å². The Morgan fingerprint density at radius 2 is 1.73 bits per heavy atom. The van der Waals surface area contributed by atoms with E-state index in [2.05, 4.69) is 15.9 Å². The predicted octanol–water partition coefficient (Wildman–Crippen LogP) is 5.01. The molecule has 26 heavy (non-hydrogen) atoms. The Kier molecular flexibility index (Phi) is 6.24. The average molecular weight is 439 g/mol. The molecule has 0 amide bonds. The Morgan fingerprint density at radius 1 is 1.12 bits per heavy atom. The van der Waals surface area contributed by atoms with Crippen molar-refractivity contribution in [2.24, 2.45) is 5.92 Å². The maximum Gasteiger partial charge on any atom is 0.359 e. The summed E-state index contributed by atoms with van der Waals surface area (Å²) in [5.74, 6) is 0.745. The number of halogens is 1. The van der Waals surface area contributed by atoms with Gasteiger partial charge in [-0.25, -0.2) is 0 Å². The van der Waals surface area contributed by atoms with Crippen LogP contribution in [0.2, 0.25) is 0 Å². The molecule has 2 N–H and O–H groups in total. The Bertz CT molecular complexity index is 794. The molecule has 1 aliphatic carbocycles. The van der Waals surface area contributed by atoms with Crippen molar-refractivity contribution in [3.05, 3.63) is 48.0 Å². The minimum Gasteiger partial charge on any atom is -0.489 e. The number of benzene rings is 2. The molecule has 1 unspecified atom stereocenters. The van der Waals surface area contributed by atoms with Gasteiger partial charge in [0.05, 0.1) is 6.10 Å². The predicted molar refractivity (Wildman–Crippen MR) is 108 cm³/mol. The standard InChI is InChI=1S/C20H24BrO4P/c1-14(16-4-2-3-5-16)25-19-11-10-18(12-20(19)26(22,23)24)17-8-6-15(13-21)7-9-17/h6-12,14,16H,2-5,13H2,1H3,(H2,22,23,24). The van der Waals surface area contributed by atoms with Crippen LogP contribution in [0.5, 0.6) is 5.75 Å². The van der Waals surface area contributed by atoms with Crippen molar-refractivity contribution in [1.82, 2.24) is 0 Å². The van der Waals surface area contributed by atoms with E-state index in [-0.39, 0.29) is 11.4 Å². The lowest BCUT2D eigenvalue weighted by molar-refractivity contribution is 0.155. The first-order chi connectivity index (χ1) is 12.4. The zero-order valence-electron chi connectivity index (χ0n) is 14.8. The molecule has 2 aromatic carbocycles. The zero-order chi connectivity index (χ0) is 18.7. The Labute approximate surface area is 162 Å². The second-order valence-electron chi connectivity index (χ2n) is 6.92. The van der Waals surface area contributed by atoms with Gasteiger partial charge in [-0.2, -0.15) is 0 Å². The van der Waals surface area contributed by atoms with Crippen LogP contribution in [0.15, 0.2) is 42.5 Å². The smallest absolute Gasteiger partial charge is 0.359 e. The van der Waals surface area contributed by atoms with Crippen LogP contribution in [0.25, 0.3) is 11.1 Å². The summed E-state index contributed by atoms with van der Waals surface area (Å²) in [6.45, 7) is 1.99. The van der Waals surface area contributed by atoms with Crippen LogP contribution in [0, 0.1) is 5.92 Å². The van der Waals surface area contributed by atoms with Gasteiger partial charge in [0.1, 0.15) is 11.1 Å². The first-order valence-corrected chi connectivity index (χ1v) is 11.6. The highest BCUT2D eigenvalue weighted by Gasteiger charge is 2.28. The molecular weight excluding hydrogens is 415 g/mol. The van der Waals surface area contributed by atoms with Crippen molar-refractivity contribution in [1.29, 1.82) is 0 Å². The van der Waals surface area contributed by atoms with E-state index in [1.165, 1.54) is 12.8 Å². The summed E-state index contributed by atoms with van der Waals surface area (Å²) < 4.78 is 18.0. The van der Waals surface area contributed by atoms with Gasteiger partial charge in [0, 0.05) is 5.33 Å². The number of ether oxygens (including phenoxy) is 1. The van der Waals surface area contributed by atoms with Gasteiger partial charge in [0.2, 0.25) is 0 Å². The highest BCUT2D eigenvalue weighted by Crippen LogP contribution is 2.40. The van der Waals surface area contributed by atoms with Crippen molar-refractivity contribution < 1.29 is 19.1 Å². The Hall–Kier alpha value is -1.13. The van der Waals surface area contributed by atoms with Gasteiger partial charge in [-0.3, -0.25) is 4.57 Å². The molecule has 4 nitrogen and oxygen atoms in total. The van der Waals surface area contributed by atoms with E-state index in [1.807, 2.05) is 37.3 Å². The molecule has 3 rings (SSSR count). The minimum absolute atomic E-state index is 0.0376. The van der Waals surface area contributed by atoms with E-state index in [1.54, 1.807) is 12.1 Å². The summed E-state index contributed by atoms with van der Waals surface area (Å²) in [4.78, 5) is 19.7. The number of alkyl halides is 1. The molecule has 0 radical (unpaired) electrons. The normalized spacial score (nSPS) is 16.6. The van der Waals surface area contributed by atoms with E-state index in [0.29, 0.717) is 11.7 Å². The highest BCUT2D eigenvalue weighted by atomic mass is 79.9. The lowest BCUT2D eigenvalue weighted by Gasteiger charge is -2.23. The summed E-state index contributed by atoms with van der Waals surface area (Å²) in [6.07, 6.45) is 4.58. The fourth-order valence-electron chi connectivity index (χ4n) is 3.53. The Morgan fingerprint density at radius 3 is 2.31 bits per heavy atom. The molecule has 140 valence electrons. The second-order valence-corrected chi connectivity index (χ2v) is 9.06. The Balaban J connectivity index is 1.91. The molecule has 1 atom stereocenters. The van der Waals surface area contributed by atoms with Crippen LogP contribution in [-0.4, -0.2) is 15.9 Å². The summed E-state index contributed by atoms with van der Waals surface area (Å²) >= 11 is 3.42. The van der Waals surface area contributed by atoms with Crippen molar-refractivity contribution in [3.8, 4) is 16.9 Å². The lowest BCUT2D eigenvalue weighted by Crippen LogP contribution is -2.24. The zero-order valence-corrected chi connectivity index (χ0v) is 17.2. The first kappa shape index (κ1) is 19.6. The van der Waals surface area contributed by atoms with Gasteiger partial charge in [0.15, 0.2) is 0 Å². The van der Waals surface area contributed by atoms with E-state index in [4.69, 9.17) is 4.74 Å². The SMILES string of the molecule is CC(Oc1ccc(-c2ccc(CBr)cc2)cc1P(=O)(O)O)C1CCCC1. The van der Waals surface area contributed by atoms with Crippen molar-refractivity contribution >= 4 is 28.8 Å². The number of hydrogen-bond donors (Lipinski definition) is 2. The summed E-state index contributed by atoms with van der Waals surface area (Å²) in [5, 5.41) is 0.733. The van der Waals surface area contributed by atoms with Crippen molar-refractivity contribution in [2.45, 2.75) is 44.0 Å². The quantitative estimate of drug-likeness (QED) is 0.491. The third kappa shape index (κ3) is 4.58. The molecule has 0 aliphatic heterocycles. The molecule has 1 saturated carbocycles. The van der Waals surface area contributed by atoms with E-state index in [9.17, 15) is 14.4 Å². The van der Waals surface area contributed by atoms with Crippen LogP contribution in [0.3, 0.4) is 0 Å². The van der Waals surface area contributed by atoms with Gasteiger partial charge in [-0.15, -0.1) is 0 Å². The third-order valence-corrected chi connectivity index (χ3v) is 6.72. The fourth-order valence-corrected chi connectivity index (χ4v) is 4.63. The van der Waals surface area contributed by atoms with Gasteiger partial charge in [-0.1, -0.05) is 59.1 Å². The van der Waals surface area contributed by atoms with E-state index < -0.39 is 7.60 Å². The summed E-state index contributed by atoms with van der Waals surface area (Å²) in [6, 6.07) is 13.0. The third-order valence-electron chi connectivity index (χ3n) is 5.09. The number of hydrogen-bond acceptors (Lipinski definition) is 2. The molecule has 0 saturated heterocycles. The maximum absolute atomic E-state index is 12.0. The summed E-state index contributed by atoms with van der Waals surface area (Å²) in [7, 11) is -4.44. The van der Waals surface area contributed by atoms with Gasteiger partial charge >= 0.3 is 7.60 Å². The topological polar surface area (TPSA) is 66.8 Å². The van der Waals surface area contributed by atoms with Gasteiger partial charge in [0.25, 0.3) is 0 Å². The summed E-state index contributed by atoms with van der Waals surface area (Å²) in [5.41, 5.74) is 2.83. The fraction of sp³-hybridized carbons (Fsp3) is 0.400. The minimum atomic E-state index is -4.44. The number of rotatable bonds is 6. The molecule has 2 aromatic rings. The lowest BCUT2D eigenvalue weighted by atomic mass is 10.0. The molecule has 1 aliphatic rings. The van der Waals surface area contributed by atoms with Gasteiger partial charge in [-0.05, 0) is 54.5 Å². The largest absolute Gasteiger partial charge is 0.489 e.